The van der Waals surface area contributed by atoms with Crippen LogP contribution in [0.3, 0.4) is 0 Å². The summed E-state index contributed by atoms with van der Waals surface area (Å²) in [5.41, 5.74) is 1.78. The predicted octanol–water partition coefficient (Wildman–Crippen LogP) is 3.22. The highest BCUT2D eigenvalue weighted by atomic mass is 16.5. The van der Waals surface area contributed by atoms with E-state index in [1.807, 2.05) is 42.2 Å². The zero-order valence-corrected chi connectivity index (χ0v) is 15.6. The van der Waals surface area contributed by atoms with Gasteiger partial charge >= 0.3 is 0 Å². The Bertz CT molecular complexity index is 748. The quantitative estimate of drug-likeness (QED) is 0.827. The van der Waals surface area contributed by atoms with Crippen LogP contribution in [0.2, 0.25) is 0 Å². The molecule has 1 amide bonds. The first-order valence-corrected chi connectivity index (χ1v) is 8.99. The third kappa shape index (κ3) is 3.83. The molecule has 2 aromatic carbocycles. The fourth-order valence-electron chi connectivity index (χ4n) is 3.36. The van der Waals surface area contributed by atoms with Crippen molar-refractivity contribution in [2.24, 2.45) is 0 Å². The van der Waals surface area contributed by atoms with Gasteiger partial charge in [0.1, 0.15) is 0 Å². The second-order valence-electron chi connectivity index (χ2n) is 6.49. The SMILES string of the molecule is CCOc1ccc(C(=O)N2CCN(C)C[C@@H]2c2ccccc2)cc1OC. The number of piperazine rings is 1. The third-order valence-corrected chi connectivity index (χ3v) is 4.74. The Kier molecular flexibility index (Phi) is 5.78. The molecule has 1 atom stereocenters. The summed E-state index contributed by atoms with van der Waals surface area (Å²) in [6.07, 6.45) is 0. The van der Waals surface area contributed by atoms with E-state index >= 15 is 0 Å². The van der Waals surface area contributed by atoms with E-state index in [4.69, 9.17) is 9.47 Å². The second-order valence-corrected chi connectivity index (χ2v) is 6.49. The van der Waals surface area contributed by atoms with E-state index in [1.165, 1.54) is 0 Å². The van der Waals surface area contributed by atoms with Crippen LogP contribution in [0, 0.1) is 0 Å². The molecule has 0 N–H and O–H groups in total. The maximum absolute atomic E-state index is 13.2. The molecular weight excluding hydrogens is 328 g/mol. The van der Waals surface area contributed by atoms with Gasteiger partial charge in [-0.05, 0) is 37.7 Å². The number of likely N-dealkylation sites (N-methyl/N-ethyl adjacent to an activating group) is 1. The van der Waals surface area contributed by atoms with Crippen LogP contribution in [0.15, 0.2) is 48.5 Å². The zero-order chi connectivity index (χ0) is 18.5. The molecule has 1 fully saturated rings. The molecule has 0 aliphatic carbocycles. The summed E-state index contributed by atoms with van der Waals surface area (Å²) >= 11 is 0. The van der Waals surface area contributed by atoms with Crippen LogP contribution in [0.4, 0.5) is 0 Å². The minimum Gasteiger partial charge on any atom is -0.493 e. The largest absolute Gasteiger partial charge is 0.493 e. The average molecular weight is 354 g/mol. The lowest BCUT2D eigenvalue weighted by Crippen LogP contribution is -2.49. The number of benzene rings is 2. The van der Waals surface area contributed by atoms with Gasteiger partial charge in [-0.2, -0.15) is 0 Å². The smallest absolute Gasteiger partial charge is 0.254 e. The molecule has 0 saturated carbocycles. The second kappa shape index (κ2) is 8.23. The number of hydrogen-bond acceptors (Lipinski definition) is 4. The Morgan fingerprint density at radius 2 is 1.88 bits per heavy atom. The first kappa shape index (κ1) is 18.3. The van der Waals surface area contributed by atoms with E-state index in [1.54, 1.807) is 13.2 Å². The highest BCUT2D eigenvalue weighted by molar-refractivity contribution is 5.95. The fraction of sp³-hybridized carbons (Fsp3) is 0.381. The van der Waals surface area contributed by atoms with Crippen molar-refractivity contribution >= 4 is 5.91 Å². The van der Waals surface area contributed by atoms with E-state index in [0.29, 0.717) is 30.2 Å². The van der Waals surface area contributed by atoms with E-state index in [-0.39, 0.29) is 11.9 Å². The molecule has 26 heavy (non-hydrogen) atoms. The Morgan fingerprint density at radius 3 is 2.58 bits per heavy atom. The average Bonchev–Trinajstić information content (AvgIpc) is 2.68. The lowest BCUT2D eigenvalue weighted by atomic mass is 10.0. The molecular formula is C21H26N2O3. The third-order valence-electron chi connectivity index (χ3n) is 4.74. The van der Waals surface area contributed by atoms with Crippen LogP contribution >= 0.6 is 0 Å². The van der Waals surface area contributed by atoms with Crippen molar-refractivity contribution in [3.63, 3.8) is 0 Å². The van der Waals surface area contributed by atoms with E-state index in [0.717, 1.165) is 18.7 Å². The summed E-state index contributed by atoms with van der Waals surface area (Å²) in [6, 6.07) is 15.7. The van der Waals surface area contributed by atoms with E-state index in [9.17, 15) is 4.79 Å². The predicted molar refractivity (Wildman–Crippen MR) is 102 cm³/mol. The number of hydrogen-bond donors (Lipinski definition) is 0. The van der Waals surface area contributed by atoms with Gasteiger partial charge in [0.25, 0.3) is 5.91 Å². The number of ether oxygens (including phenoxy) is 2. The molecule has 5 heteroatoms. The standard InChI is InChI=1S/C21H26N2O3/c1-4-26-19-11-10-17(14-20(19)25-3)21(24)23-13-12-22(2)15-18(23)16-8-6-5-7-9-16/h5-11,14,18H,4,12-13,15H2,1-3H3/t18-/m1/s1. The molecule has 138 valence electrons. The van der Waals surface area contributed by atoms with Crippen molar-refractivity contribution in [2.45, 2.75) is 13.0 Å². The van der Waals surface area contributed by atoms with Gasteiger partial charge < -0.3 is 19.3 Å². The van der Waals surface area contributed by atoms with Crippen LogP contribution < -0.4 is 9.47 Å². The summed E-state index contributed by atoms with van der Waals surface area (Å²) in [5.74, 6) is 1.26. The number of carbonyl (C=O) groups excluding carboxylic acids is 1. The van der Waals surface area contributed by atoms with Crippen molar-refractivity contribution in [3.05, 3.63) is 59.7 Å². The number of rotatable bonds is 5. The van der Waals surface area contributed by atoms with Crippen molar-refractivity contribution in [1.82, 2.24) is 9.80 Å². The highest BCUT2D eigenvalue weighted by Crippen LogP contribution is 2.31. The summed E-state index contributed by atoms with van der Waals surface area (Å²) in [7, 11) is 3.69. The van der Waals surface area contributed by atoms with Gasteiger partial charge in [-0.1, -0.05) is 30.3 Å². The normalized spacial score (nSPS) is 17.8. The number of amides is 1. The first-order chi connectivity index (χ1) is 12.6. The van der Waals surface area contributed by atoms with Crippen LogP contribution in [0.5, 0.6) is 11.5 Å². The highest BCUT2D eigenvalue weighted by Gasteiger charge is 2.31. The Morgan fingerprint density at radius 1 is 1.12 bits per heavy atom. The van der Waals surface area contributed by atoms with Crippen molar-refractivity contribution in [2.75, 3.05) is 40.4 Å². The lowest BCUT2D eigenvalue weighted by Gasteiger charge is -2.40. The van der Waals surface area contributed by atoms with Crippen LogP contribution in [0.1, 0.15) is 28.9 Å². The summed E-state index contributed by atoms with van der Waals surface area (Å²) in [5, 5.41) is 0. The maximum atomic E-state index is 13.2. The minimum absolute atomic E-state index is 0.0216. The van der Waals surface area contributed by atoms with E-state index < -0.39 is 0 Å². The summed E-state index contributed by atoms with van der Waals surface area (Å²) in [4.78, 5) is 17.5. The molecule has 0 aromatic heterocycles. The van der Waals surface area contributed by atoms with Gasteiger partial charge in [-0.3, -0.25) is 4.79 Å². The van der Waals surface area contributed by atoms with Gasteiger partial charge in [0, 0.05) is 25.2 Å². The number of methoxy groups -OCH3 is 1. The van der Waals surface area contributed by atoms with Gasteiger partial charge in [-0.25, -0.2) is 0 Å². The van der Waals surface area contributed by atoms with Crippen LogP contribution in [0.25, 0.3) is 0 Å². The molecule has 1 aliphatic heterocycles. The zero-order valence-electron chi connectivity index (χ0n) is 15.6. The van der Waals surface area contributed by atoms with Crippen molar-refractivity contribution in [1.29, 1.82) is 0 Å². The number of carbonyl (C=O) groups is 1. The van der Waals surface area contributed by atoms with Crippen LogP contribution in [-0.2, 0) is 0 Å². The molecule has 1 saturated heterocycles. The molecule has 5 nitrogen and oxygen atoms in total. The monoisotopic (exact) mass is 354 g/mol. The Labute approximate surface area is 155 Å². The Balaban J connectivity index is 1.89. The van der Waals surface area contributed by atoms with Crippen molar-refractivity contribution < 1.29 is 14.3 Å². The first-order valence-electron chi connectivity index (χ1n) is 8.99. The molecule has 1 aliphatic rings. The minimum atomic E-state index is 0.0216. The van der Waals surface area contributed by atoms with Crippen LogP contribution in [-0.4, -0.2) is 56.1 Å². The van der Waals surface area contributed by atoms with E-state index in [2.05, 4.69) is 24.1 Å². The lowest BCUT2D eigenvalue weighted by molar-refractivity contribution is 0.0497. The molecule has 0 radical (unpaired) electrons. The molecule has 0 bridgehead atoms. The number of nitrogens with zero attached hydrogens (tertiary/aromatic N) is 2. The maximum Gasteiger partial charge on any atom is 0.254 e. The topological polar surface area (TPSA) is 42.0 Å². The fourth-order valence-corrected chi connectivity index (χ4v) is 3.36. The molecule has 2 aromatic rings. The van der Waals surface area contributed by atoms with Gasteiger partial charge in [-0.15, -0.1) is 0 Å². The van der Waals surface area contributed by atoms with Gasteiger partial charge in [0.15, 0.2) is 11.5 Å². The molecule has 1 heterocycles. The summed E-state index contributed by atoms with van der Waals surface area (Å²) in [6.45, 7) is 4.86. The van der Waals surface area contributed by atoms with Gasteiger partial charge in [0.2, 0.25) is 0 Å². The molecule has 3 rings (SSSR count). The summed E-state index contributed by atoms with van der Waals surface area (Å²) < 4.78 is 11.0. The molecule has 0 unspecified atom stereocenters. The molecule has 0 spiro atoms. The van der Waals surface area contributed by atoms with Crippen molar-refractivity contribution in [3.8, 4) is 11.5 Å². The Hall–Kier alpha value is -2.53. The van der Waals surface area contributed by atoms with Gasteiger partial charge in [0.05, 0.1) is 19.8 Å².